The van der Waals surface area contributed by atoms with E-state index >= 15 is 0 Å². The summed E-state index contributed by atoms with van der Waals surface area (Å²) in [5, 5.41) is 23.0. The highest BCUT2D eigenvalue weighted by Gasteiger charge is 2.25. The van der Waals surface area contributed by atoms with Crippen molar-refractivity contribution in [2.24, 2.45) is 0 Å². The normalized spacial score (nSPS) is 11.2. The number of benzene rings is 3. The SMILES string of the molecule is Cc1cc(C(=O)NC(C(=O)NC(=N)c2ccccc2)c2ccc(Cl)c(Cl)c2)ccc1C#N. The number of nitriles is 1. The first-order chi connectivity index (χ1) is 15.3. The van der Waals surface area contributed by atoms with Crippen LogP contribution in [0.5, 0.6) is 0 Å². The van der Waals surface area contributed by atoms with Gasteiger partial charge in [-0.05, 0) is 48.4 Å². The van der Waals surface area contributed by atoms with Crippen LogP contribution in [0.2, 0.25) is 10.0 Å². The van der Waals surface area contributed by atoms with Gasteiger partial charge < -0.3 is 10.6 Å². The molecule has 1 atom stereocenters. The zero-order valence-corrected chi connectivity index (χ0v) is 18.5. The maximum absolute atomic E-state index is 13.1. The fourth-order valence-electron chi connectivity index (χ4n) is 3.01. The standard InChI is InChI=1S/C24H18Cl2N4O2/c1-14-11-17(7-8-18(14)13-27)23(31)29-21(16-9-10-19(25)20(26)12-16)24(32)30-22(28)15-5-3-2-4-6-15/h2-12,21H,1H3,(H,29,31)(H2,28,30,32). The first-order valence-electron chi connectivity index (χ1n) is 9.51. The largest absolute Gasteiger partial charge is 0.336 e. The first-order valence-corrected chi connectivity index (χ1v) is 10.3. The molecular formula is C24H18Cl2N4O2. The van der Waals surface area contributed by atoms with Gasteiger partial charge in [-0.3, -0.25) is 15.0 Å². The quantitative estimate of drug-likeness (QED) is 0.373. The van der Waals surface area contributed by atoms with Gasteiger partial charge in [0.15, 0.2) is 0 Å². The van der Waals surface area contributed by atoms with E-state index in [-0.39, 0.29) is 16.4 Å². The van der Waals surface area contributed by atoms with E-state index in [2.05, 4.69) is 10.6 Å². The monoisotopic (exact) mass is 464 g/mol. The molecule has 0 saturated heterocycles. The van der Waals surface area contributed by atoms with Gasteiger partial charge >= 0.3 is 0 Å². The van der Waals surface area contributed by atoms with Crippen LogP contribution in [-0.4, -0.2) is 17.6 Å². The molecule has 2 amide bonds. The summed E-state index contributed by atoms with van der Waals surface area (Å²) >= 11 is 12.1. The Hall–Kier alpha value is -3.66. The van der Waals surface area contributed by atoms with Crippen LogP contribution < -0.4 is 10.6 Å². The van der Waals surface area contributed by atoms with Gasteiger partial charge in [0, 0.05) is 11.1 Å². The summed E-state index contributed by atoms with van der Waals surface area (Å²) in [5.41, 5.74) is 2.30. The molecule has 0 heterocycles. The van der Waals surface area contributed by atoms with Gasteiger partial charge in [-0.1, -0.05) is 59.6 Å². The summed E-state index contributed by atoms with van der Waals surface area (Å²) in [6, 6.07) is 18.8. The highest BCUT2D eigenvalue weighted by molar-refractivity contribution is 6.42. The molecule has 1 unspecified atom stereocenters. The number of hydrogen-bond acceptors (Lipinski definition) is 4. The molecule has 0 aliphatic rings. The van der Waals surface area contributed by atoms with Crippen molar-refractivity contribution in [3.63, 3.8) is 0 Å². The smallest absolute Gasteiger partial charge is 0.252 e. The molecule has 0 aliphatic heterocycles. The van der Waals surface area contributed by atoms with Gasteiger partial charge in [-0.15, -0.1) is 0 Å². The van der Waals surface area contributed by atoms with E-state index < -0.39 is 17.9 Å². The van der Waals surface area contributed by atoms with Crippen molar-refractivity contribution in [2.75, 3.05) is 0 Å². The molecule has 32 heavy (non-hydrogen) atoms. The zero-order valence-electron chi connectivity index (χ0n) is 16.9. The molecule has 160 valence electrons. The molecule has 0 bridgehead atoms. The summed E-state index contributed by atoms with van der Waals surface area (Å²) in [4.78, 5) is 26.0. The summed E-state index contributed by atoms with van der Waals surface area (Å²) in [7, 11) is 0. The predicted octanol–water partition coefficient (Wildman–Crippen LogP) is 4.79. The van der Waals surface area contributed by atoms with E-state index in [0.29, 0.717) is 27.3 Å². The van der Waals surface area contributed by atoms with E-state index in [4.69, 9.17) is 33.9 Å². The highest BCUT2D eigenvalue weighted by atomic mass is 35.5. The highest BCUT2D eigenvalue weighted by Crippen LogP contribution is 2.26. The number of aryl methyl sites for hydroxylation is 1. The summed E-state index contributed by atoms with van der Waals surface area (Å²) in [6.45, 7) is 1.72. The van der Waals surface area contributed by atoms with Crippen molar-refractivity contribution < 1.29 is 9.59 Å². The van der Waals surface area contributed by atoms with Crippen molar-refractivity contribution in [2.45, 2.75) is 13.0 Å². The van der Waals surface area contributed by atoms with Crippen LogP contribution >= 0.6 is 23.2 Å². The van der Waals surface area contributed by atoms with Crippen LogP contribution in [0.4, 0.5) is 0 Å². The van der Waals surface area contributed by atoms with Gasteiger partial charge in [0.25, 0.3) is 11.8 Å². The maximum Gasteiger partial charge on any atom is 0.252 e. The fourth-order valence-corrected chi connectivity index (χ4v) is 3.32. The summed E-state index contributed by atoms with van der Waals surface area (Å²) < 4.78 is 0. The minimum Gasteiger partial charge on any atom is -0.336 e. The van der Waals surface area contributed by atoms with Crippen LogP contribution in [0.1, 0.15) is 38.7 Å². The number of nitrogens with one attached hydrogen (secondary N) is 3. The molecule has 0 fully saturated rings. The Morgan fingerprint density at radius 1 is 0.969 bits per heavy atom. The first kappa shape index (κ1) is 23.0. The molecule has 0 radical (unpaired) electrons. The molecule has 3 N–H and O–H groups in total. The van der Waals surface area contributed by atoms with Crippen LogP contribution in [0.3, 0.4) is 0 Å². The zero-order chi connectivity index (χ0) is 23.3. The number of rotatable bonds is 5. The molecule has 0 saturated carbocycles. The fraction of sp³-hybridized carbons (Fsp3) is 0.0833. The lowest BCUT2D eigenvalue weighted by Gasteiger charge is -2.20. The second-order valence-electron chi connectivity index (χ2n) is 6.95. The van der Waals surface area contributed by atoms with E-state index in [1.807, 2.05) is 6.07 Å². The van der Waals surface area contributed by atoms with Crippen molar-refractivity contribution in [1.29, 1.82) is 10.7 Å². The van der Waals surface area contributed by atoms with E-state index in [1.54, 1.807) is 55.5 Å². The topological polar surface area (TPSA) is 106 Å². The van der Waals surface area contributed by atoms with Gasteiger partial charge in [0.05, 0.1) is 21.7 Å². The molecule has 3 rings (SSSR count). The van der Waals surface area contributed by atoms with Crippen molar-refractivity contribution in [1.82, 2.24) is 10.6 Å². The van der Waals surface area contributed by atoms with Gasteiger partial charge in [0.2, 0.25) is 0 Å². The van der Waals surface area contributed by atoms with E-state index in [0.717, 1.165) is 0 Å². The minimum absolute atomic E-state index is 0.107. The molecular weight excluding hydrogens is 447 g/mol. The third-order valence-corrected chi connectivity index (χ3v) is 5.47. The number of amidine groups is 1. The van der Waals surface area contributed by atoms with Crippen molar-refractivity contribution >= 4 is 40.9 Å². The Bertz CT molecular complexity index is 1240. The lowest BCUT2D eigenvalue weighted by molar-refractivity contribution is -0.121. The average molecular weight is 465 g/mol. The summed E-state index contributed by atoms with van der Waals surface area (Å²) in [5.74, 6) is -1.24. The number of nitrogens with zero attached hydrogens (tertiary/aromatic N) is 1. The number of hydrogen-bond donors (Lipinski definition) is 3. The molecule has 6 nitrogen and oxygen atoms in total. The Kier molecular flexibility index (Phi) is 7.26. The second kappa shape index (κ2) is 10.1. The number of carbonyl (C=O) groups excluding carboxylic acids is 2. The molecule has 3 aromatic rings. The van der Waals surface area contributed by atoms with Crippen molar-refractivity contribution in [3.8, 4) is 6.07 Å². The van der Waals surface area contributed by atoms with Crippen molar-refractivity contribution in [3.05, 3.63) is 105 Å². The lowest BCUT2D eigenvalue weighted by Crippen LogP contribution is -2.42. The van der Waals surface area contributed by atoms with Crippen LogP contribution in [0, 0.1) is 23.7 Å². The molecule has 0 aromatic heterocycles. The second-order valence-corrected chi connectivity index (χ2v) is 7.77. The Labute approximate surface area is 195 Å². The van der Waals surface area contributed by atoms with Gasteiger partial charge in [-0.2, -0.15) is 5.26 Å². The summed E-state index contributed by atoms with van der Waals surface area (Å²) in [6.07, 6.45) is 0. The van der Waals surface area contributed by atoms with Gasteiger partial charge in [0.1, 0.15) is 11.9 Å². The lowest BCUT2D eigenvalue weighted by atomic mass is 10.0. The number of halogens is 2. The number of amides is 2. The average Bonchev–Trinajstić information content (AvgIpc) is 2.79. The predicted molar refractivity (Wildman–Crippen MR) is 124 cm³/mol. The molecule has 0 aliphatic carbocycles. The van der Waals surface area contributed by atoms with Crippen LogP contribution in [-0.2, 0) is 4.79 Å². The third-order valence-electron chi connectivity index (χ3n) is 4.73. The van der Waals surface area contributed by atoms with Crippen LogP contribution in [0.15, 0.2) is 66.7 Å². The molecule has 3 aromatic carbocycles. The van der Waals surface area contributed by atoms with E-state index in [1.165, 1.54) is 18.2 Å². The van der Waals surface area contributed by atoms with Crippen LogP contribution in [0.25, 0.3) is 0 Å². The Morgan fingerprint density at radius 3 is 2.31 bits per heavy atom. The number of carbonyl (C=O) groups is 2. The Morgan fingerprint density at radius 2 is 1.69 bits per heavy atom. The van der Waals surface area contributed by atoms with Gasteiger partial charge in [-0.25, -0.2) is 0 Å². The Balaban J connectivity index is 1.90. The molecule has 0 spiro atoms. The molecule has 8 heteroatoms. The maximum atomic E-state index is 13.1. The third kappa shape index (κ3) is 5.33. The van der Waals surface area contributed by atoms with E-state index in [9.17, 15) is 9.59 Å². The minimum atomic E-state index is -1.14.